The molecular formula is C9H3F4N2O. The van der Waals surface area contributed by atoms with Crippen molar-refractivity contribution in [3.05, 3.63) is 35.9 Å². The molecule has 0 saturated carbocycles. The Labute approximate surface area is 86.7 Å². The summed E-state index contributed by atoms with van der Waals surface area (Å²) in [7, 11) is 0. The minimum Gasteiger partial charge on any atom is -0.333 e. The average molecular weight is 231 g/mol. The van der Waals surface area contributed by atoms with Crippen molar-refractivity contribution < 1.29 is 22.1 Å². The van der Waals surface area contributed by atoms with Crippen LogP contribution in [0.4, 0.5) is 17.6 Å². The van der Waals surface area contributed by atoms with Crippen LogP contribution in [0.5, 0.6) is 0 Å². The molecule has 0 atom stereocenters. The molecule has 0 saturated heterocycles. The first-order valence-corrected chi connectivity index (χ1v) is 4.05. The van der Waals surface area contributed by atoms with E-state index in [1.54, 1.807) is 0 Å². The Bertz CT molecular complexity index is 493. The fourth-order valence-corrected chi connectivity index (χ4v) is 1.14. The molecule has 3 nitrogen and oxygen atoms in total. The second-order valence-electron chi connectivity index (χ2n) is 2.93. The summed E-state index contributed by atoms with van der Waals surface area (Å²) < 4.78 is 54.5. The van der Waals surface area contributed by atoms with Crippen LogP contribution in [0, 0.1) is 12.1 Å². The molecule has 1 aromatic heterocycles. The van der Waals surface area contributed by atoms with Crippen molar-refractivity contribution >= 4 is 0 Å². The molecule has 0 bridgehead atoms. The van der Waals surface area contributed by atoms with E-state index in [9.17, 15) is 17.6 Å². The van der Waals surface area contributed by atoms with Crippen LogP contribution in [0.1, 0.15) is 5.56 Å². The number of hydrogen-bond donors (Lipinski definition) is 0. The normalized spacial score (nSPS) is 11.8. The Hall–Kier alpha value is -1.92. The van der Waals surface area contributed by atoms with Gasteiger partial charge in [-0.1, -0.05) is 5.16 Å². The summed E-state index contributed by atoms with van der Waals surface area (Å²) in [5, 5.41) is 3.11. The minimum absolute atomic E-state index is 0.138. The summed E-state index contributed by atoms with van der Waals surface area (Å²) in [6.07, 6.45) is -2.59. The molecule has 0 spiro atoms. The second kappa shape index (κ2) is 3.58. The van der Waals surface area contributed by atoms with Crippen molar-refractivity contribution in [1.82, 2.24) is 10.1 Å². The van der Waals surface area contributed by atoms with Crippen molar-refractivity contribution in [3.8, 4) is 11.5 Å². The van der Waals surface area contributed by atoms with E-state index in [-0.39, 0.29) is 11.5 Å². The Kier molecular flexibility index (Phi) is 2.37. The molecule has 83 valence electrons. The third-order valence-corrected chi connectivity index (χ3v) is 1.80. The van der Waals surface area contributed by atoms with Crippen LogP contribution in [0.15, 0.2) is 22.7 Å². The van der Waals surface area contributed by atoms with E-state index in [4.69, 9.17) is 0 Å². The van der Waals surface area contributed by atoms with Crippen LogP contribution in [-0.4, -0.2) is 10.1 Å². The van der Waals surface area contributed by atoms with Gasteiger partial charge in [-0.15, -0.1) is 0 Å². The van der Waals surface area contributed by atoms with Gasteiger partial charge in [0.05, 0.1) is 5.56 Å². The average Bonchev–Trinajstić information content (AvgIpc) is 2.68. The number of rotatable bonds is 1. The Balaban J connectivity index is 2.53. The van der Waals surface area contributed by atoms with Crippen LogP contribution < -0.4 is 0 Å². The van der Waals surface area contributed by atoms with Gasteiger partial charge in [0, 0.05) is 5.56 Å². The summed E-state index contributed by atoms with van der Waals surface area (Å²) in [6, 6.07) is 1.99. The minimum atomic E-state index is -4.62. The number of hydrogen-bond acceptors (Lipinski definition) is 3. The number of halogens is 4. The monoisotopic (exact) mass is 231 g/mol. The van der Waals surface area contributed by atoms with E-state index < -0.39 is 17.6 Å². The summed E-state index contributed by atoms with van der Waals surface area (Å²) in [6.45, 7) is 0. The van der Waals surface area contributed by atoms with Crippen LogP contribution in [-0.2, 0) is 6.18 Å². The molecule has 0 fully saturated rings. The Morgan fingerprint density at radius 1 is 1.19 bits per heavy atom. The molecule has 0 aliphatic heterocycles. The first-order valence-electron chi connectivity index (χ1n) is 4.05. The fourth-order valence-electron chi connectivity index (χ4n) is 1.14. The van der Waals surface area contributed by atoms with E-state index in [2.05, 4.69) is 14.7 Å². The van der Waals surface area contributed by atoms with Gasteiger partial charge in [-0.2, -0.15) is 18.2 Å². The highest BCUT2D eigenvalue weighted by atomic mass is 19.4. The van der Waals surface area contributed by atoms with Gasteiger partial charge < -0.3 is 4.52 Å². The molecule has 0 unspecified atom stereocenters. The van der Waals surface area contributed by atoms with Gasteiger partial charge in [0.1, 0.15) is 5.82 Å². The quantitative estimate of drug-likeness (QED) is 0.708. The maximum atomic E-state index is 12.9. The first-order chi connectivity index (χ1) is 7.47. The zero-order valence-corrected chi connectivity index (χ0v) is 7.55. The lowest BCUT2D eigenvalue weighted by atomic mass is 10.1. The molecule has 1 radical (unpaired) electrons. The van der Waals surface area contributed by atoms with Gasteiger partial charge in [-0.25, -0.2) is 4.39 Å². The third kappa shape index (κ3) is 2.02. The molecule has 0 aliphatic carbocycles. The highest BCUT2D eigenvalue weighted by molar-refractivity contribution is 5.54. The molecular weight excluding hydrogens is 228 g/mol. The van der Waals surface area contributed by atoms with Gasteiger partial charge in [0.25, 0.3) is 5.89 Å². The van der Waals surface area contributed by atoms with Crippen molar-refractivity contribution in [2.45, 2.75) is 6.18 Å². The Morgan fingerprint density at radius 2 is 1.94 bits per heavy atom. The third-order valence-electron chi connectivity index (χ3n) is 1.80. The van der Waals surface area contributed by atoms with Crippen LogP contribution >= 0.6 is 0 Å². The van der Waals surface area contributed by atoms with Gasteiger partial charge in [0.2, 0.25) is 6.33 Å². The SMILES string of the molecule is Fc1cc(-c2n[c]no2)cc(C(F)(F)F)c1. The van der Waals surface area contributed by atoms with E-state index >= 15 is 0 Å². The molecule has 2 rings (SSSR count). The summed E-state index contributed by atoms with van der Waals surface area (Å²) in [5.74, 6) is -1.24. The molecule has 7 heteroatoms. The second-order valence-corrected chi connectivity index (χ2v) is 2.93. The first kappa shape index (κ1) is 10.6. The highest BCUT2D eigenvalue weighted by Gasteiger charge is 2.31. The summed E-state index contributed by atoms with van der Waals surface area (Å²) in [5.41, 5.74) is -1.25. The largest absolute Gasteiger partial charge is 0.416 e. The van der Waals surface area contributed by atoms with Crippen molar-refractivity contribution in [1.29, 1.82) is 0 Å². The summed E-state index contributed by atoms with van der Waals surface area (Å²) >= 11 is 0. The zero-order chi connectivity index (χ0) is 11.8. The maximum absolute atomic E-state index is 12.9. The van der Waals surface area contributed by atoms with E-state index in [1.807, 2.05) is 6.33 Å². The zero-order valence-electron chi connectivity index (χ0n) is 7.55. The lowest BCUT2D eigenvalue weighted by Gasteiger charge is -2.07. The summed E-state index contributed by atoms with van der Waals surface area (Å²) in [4.78, 5) is 3.41. The van der Waals surface area contributed by atoms with Crippen molar-refractivity contribution in [2.75, 3.05) is 0 Å². The van der Waals surface area contributed by atoms with Crippen LogP contribution in [0.2, 0.25) is 0 Å². The van der Waals surface area contributed by atoms with Crippen LogP contribution in [0.3, 0.4) is 0 Å². The highest BCUT2D eigenvalue weighted by Crippen LogP contribution is 2.32. The van der Waals surface area contributed by atoms with E-state index in [0.717, 1.165) is 12.1 Å². The molecule has 0 N–H and O–H groups in total. The topological polar surface area (TPSA) is 38.9 Å². The van der Waals surface area contributed by atoms with Gasteiger partial charge >= 0.3 is 6.18 Å². The predicted octanol–water partition coefficient (Wildman–Crippen LogP) is 2.69. The number of alkyl halides is 3. The standard InChI is InChI=1S/C9H3F4N2O/c10-7-2-5(8-14-4-15-16-8)1-6(3-7)9(11,12)13/h1-3H. The number of nitrogens with zero attached hydrogens (tertiary/aromatic N) is 2. The van der Waals surface area contributed by atoms with E-state index in [0.29, 0.717) is 6.07 Å². The smallest absolute Gasteiger partial charge is 0.333 e. The molecule has 0 aliphatic rings. The molecule has 0 amide bonds. The Morgan fingerprint density at radius 3 is 2.50 bits per heavy atom. The fraction of sp³-hybridized carbons (Fsp3) is 0.111. The lowest BCUT2D eigenvalue weighted by Crippen LogP contribution is -2.05. The molecule has 1 heterocycles. The van der Waals surface area contributed by atoms with Gasteiger partial charge in [-0.05, 0) is 18.2 Å². The van der Waals surface area contributed by atoms with E-state index in [1.165, 1.54) is 0 Å². The molecule has 1 aromatic carbocycles. The van der Waals surface area contributed by atoms with Crippen molar-refractivity contribution in [3.63, 3.8) is 0 Å². The lowest BCUT2D eigenvalue weighted by molar-refractivity contribution is -0.137. The van der Waals surface area contributed by atoms with Gasteiger partial charge in [0.15, 0.2) is 0 Å². The number of aromatic nitrogens is 2. The number of benzene rings is 1. The predicted molar refractivity (Wildman–Crippen MR) is 43.5 cm³/mol. The van der Waals surface area contributed by atoms with Gasteiger partial charge in [-0.3, -0.25) is 0 Å². The van der Waals surface area contributed by atoms with Crippen molar-refractivity contribution in [2.24, 2.45) is 0 Å². The molecule has 2 aromatic rings. The van der Waals surface area contributed by atoms with Crippen LogP contribution in [0.25, 0.3) is 11.5 Å². The molecule has 16 heavy (non-hydrogen) atoms. The maximum Gasteiger partial charge on any atom is 0.416 e.